The molecule has 6 nitrogen and oxygen atoms in total. The average Bonchev–Trinajstić information content (AvgIpc) is 3.14. The predicted octanol–water partition coefficient (Wildman–Crippen LogP) is 2.99. The fourth-order valence-corrected chi connectivity index (χ4v) is 3.43. The third-order valence-corrected chi connectivity index (χ3v) is 5.16. The highest BCUT2D eigenvalue weighted by Gasteiger charge is 2.37. The van der Waals surface area contributed by atoms with E-state index in [9.17, 15) is 18.8 Å². The monoisotopic (exact) mass is 412 g/mol. The number of nitrogens with one attached hydrogen (secondary N) is 1. The van der Waals surface area contributed by atoms with Gasteiger partial charge in [-0.15, -0.1) is 0 Å². The molecule has 2 amide bonds. The van der Waals surface area contributed by atoms with Crippen molar-refractivity contribution in [3.05, 3.63) is 65.5 Å². The van der Waals surface area contributed by atoms with Crippen molar-refractivity contribution >= 4 is 23.5 Å². The first-order valence-electron chi connectivity index (χ1n) is 10.00. The molecule has 3 rings (SSSR count). The Morgan fingerprint density at radius 2 is 1.90 bits per heavy atom. The van der Waals surface area contributed by atoms with Crippen molar-refractivity contribution in [2.24, 2.45) is 5.92 Å². The lowest BCUT2D eigenvalue weighted by Gasteiger charge is -2.20. The molecule has 7 heteroatoms. The van der Waals surface area contributed by atoms with Crippen molar-refractivity contribution in [3.63, 3.8) is 0 Å². The summed E-state index contributed by atoms with van der Waals surface area (Å²) in [5.41, 5.74) is 2.58. The van der Waals surface area contributed by atoms with E-state index >= 15 is 0 Å². The lowest BCUT2D eigenvalue weighted by molar-refractivity contribution is -0.158. The van der Waals surface area contributed by atoms with Crippen LogP contribution in [0.3, 0.4) is 0 Å². The number of carbonyl (C=O) groups is 3. The summed E-state index contributed by atoms with van der Waals surface area (Å²) in [4.78, 5) is 38.8. The number of hydrogen-bond acceptors (Lipinski definition) is 4. The number of hydrogen-bond donors (Lipinski definition) is 1. The maximum absolute atomic E-state index is 12.9. The Bertz CT molecular complexity index is 929. The Labute approximate surface area is 175 Å². The van der Waals surface area contributed by atoms with Crippen LogP contribution in [-0.4, -0.2) is 30.4 Å². The van der Waals surface area contributed by atoms with Gasteiger partial charge in [0.15, 0.2) is 6.10 Å². The van der Waals surface area contributed by atoms with Gasteiger partial charge in [0.05, 0.1) is 5.92 Å². The van der Waals surface area contributed by atoms with Gasteiger partial charge in [0, 0.05) is 25.2 Å². The molecule has 0 spiro atoms. The first-order valence-corrected chi connectivity index (χ1v) is 10.00. The van der Waals surface area contributed by atoms with E-state index < -0.39 is 23.9 Å². The van der Waals surface area contributed by atoms with Crippen LogP contribution in [0.2, 0.25) is 0 Å². The van der Waals surface area contributed by atoms with Crippen molar-refractivity contribution in [2.75, 3.05) is 11.4 Å². The summed E-state index contributed by atoms with van der Waals surface area (Å²) in [7, 11) is 0. The van der Waals surface area contributed by atoms with E-state index in [-0.39, 0.29) is 31.2 Å². The quantitative estimate of drug-likeness (QED) is 0.710. The number of para-hydroxylation sites is 1. The van der Waals surface area contributed by atoms with Gasteiger partial charge >= 0.3 is 5.97 Å². The molecule has 0 radical (unpaired) electrons. The highest BCUT2D eigenvalue weighted by molar-refractivity contribution is 6.00. The zero-order valence-corrected chi connectivity index (χ0v) is 17.1. The van der Waals surface area contributed by atoms with Gasteiger partial charge in [0.2, 0.25) is 5.91 Å². The maximum atomic E-state index is 12.9. The molecule has 2 aromatic rings. The molecule has 0 unspecified atom stereocenters. The van der Waals surface area contributed by atoms with Crippen molar-refractivity contribution in [3.8, 4) is 0 Å². The van der Waals surface area contributed by atoms with E-state index in [0.29, 0.717) is 0 Å². The normalized spacial score (nSPS) is 17.0. The Morgan fingerprint density at radius 3 is 2.60 bits per heavy atom. The second-order valence-electron chi connectivity index (χ2n) is 7.31. The van der Waals surface area contributed by atoms with Gasteiger partial charge in [-0.05, 0) is 42.7 Å². The van der Waals surface area contributed by atoms with Gasteiger partial charge in [0.1, 0.15) is 5.82 Å². The topological polar surface area (TPSA) is 75.7 Å². The third-order valence-electron chi connectivity index (χ3n) is 5.16. The van der Waals surface area contributed by atoms with Gasteiger partial charge in [-0.1, -0.05) is 37.3 Å². The number of benzene rings is 2. The SMILES string of the molecule is CCc1ccccc1N1C[C@H](C(=O)O[C@@H](C)C(=O)NCc2ccc(F)cc2)CC1=O. The molecule has 2 atom stereocenters. The first kappa shape index (κ1) is 21.5. The molecule has 1 fully saturated rings. The van der Waals surface area contributed by atoms with E-state index in [2.05, 4.69) is 5.32 Å². The van der Waals surface area contributed by atoms with Crippen LogP contribution in [0.4, 0.5) is 10.1 Å². The van der Waals surface area contributed by atoms with E-state index in [1.54, 1.807) is 17.0 Å². The number of esters is 1. The lowest BCUT2D eigenvalue weighted by Crippen LogP contribution is -2.37. The second kappa shape index (κ2) is 9.52. The van der Waals surface area contributed by atoms with Gasteiger partial charge in [-0.2, -0.15) is 0 Å². The molecular weight excluding hydrogens is 387 g/mol. The Hall–Kier alpha value is -3.22. The van der Waals surface area contributed by atoms with Gasteiger partial charge < -0.3 is 15.0 Å². The summed E-state index contributed by atoms with van der Waals surface area (Å²) in [6, 6.07) is 13.4. The summed E-state index contributed by atoms with van der Waals surface area (Å²) < 4.78 is 18.2. The molecular formula is C23H25FN2O4. The fraction of sp³-hybridized carbons (Fsp3) is 0.348. The summed E-state index contributed by atoms with van der Waals surface area (Å²) >= 11 is 0. The van der Waals surface area contributed by atoms with E-state index in [1.165, 1.54) is 19.1 Å². The molecule has 0 saturated carbocycles. The van der Waals surface area contributed by atoms with Crippen molar-refractivity contribution in [1.82, 2.24) is 5.32 Å². The van der Waals surface area contributed by atoms with Crippen LogP contribution in [0.15, 0.2) is 48.5 Å². The number of halogens is 1. The third kappa shape index (κ3) is 5.03. The number of ether oxygens (including phenoxy) is 1. The molecule has 0 aliphatic carbocycles. The summed E-state index contributed by atoms with van der Waals surface area (Å²) in [5.74, 6) is -2.12. The van der Waals surface area contributed by atoms with Gasteiger partial charge in [-0.3, -0.25) is 14.4 Å². The van der Waals surface area contributed by atoms with Crippen LogP contribution in [-0.2, 0) is 32.1 Å². The lowest BCUT2D eigenvalue weighted by atomic mass is 10.1. The van der Waals surface area contributed by atoms with Crippen LogP contribution in [0.25, 0.3) is 0 Å². The van der Waals surface area contributed by atoms with E-state index in [0.717, 1.165) is 23.2 Å². The highest BCUT2D eigenvalue weighted by atomic mass is 19.1. The van der Waals surface area contributed by atoms with Gasteiger partial charge in [-0.25, -0.2) is 4.39 Å². The fourth-order valence-electron chi connectivity index (χ4n) is 3.43. The summed E-state index contributed by atoms with van der Waals surface area (Å²) in [5, 5.41) is 2.66. The largest absolute Gasteiger partial charge is 0.452 e. The van der Waals surface area contributed by atoms with Crippen molar-refractivity contribution < 1.29 is 23.5 Å². The number of amides is 2. The number of anilines is 1. The highest BCUT2D eigenvalue weighted by Crippen LogP contribution is 2.29. The molecule has 30 heavy (non-hydrogen) atoms. The Morgan fingerprint density at radius 1 is 1.20 bits per heavy atom. The van der Waals surface area contributed by atoms with Crippen molar-refractivity contribution in [2.45, 2.75) is 39.3 Å². The molecule has 158 valence electrons. The Kier molecular flexibility index (Phi) is 6.82. The minimum Gasteiger partial charge on any atom is -0.452 e. The van der Waals surface area contributed by atoms with Crippen LogP contribution >= 0.6 is 0 Å². The second-order valence-corrected chi connectivity index (χ2v) is 7.31. The van der Waals surface area contributed by atoms with E-state index in [1.807, 2.05) is 31.2 Å². The number of rotatable bonds is 7. The molecule has 0 bridgehead atoms. The molecule has 1 heterocycles. The summed E-state index contributed by atoms with van der Waals surface area (Å²) in [6.45, 7) is 3.93. The Balaban J connectivity index is 1.54. The zero-order valence-electron chi connectivity index (χ0n) is 17.1. The van der Waals surface area contributed by atoms with Crippen LogP contribution in [0.5, 0.6) is 0 Å². The minimum absolute atomic E-state index is 0.0563. The molecule has 1 aliphatic rings. The zero-order chi connectivity index (χ0) is 21.7. The van der Waals surface area contributed by atoms with Crippen molar-refractivity contribution in [1.29, 1.82) is 0 Å². The molecule has 2 aromatic carbocycles. The predicted molar refractivity (Wildman–Crippen MR) is 110 cm³/mol. The molecule has 1 N–H and O–H groups in total. The number of nitrogens with zero attached hydrogens (tertiary/aromatic N) is 1. The van der Waals surface area contributed by atoms with Crippen LogP contribution in [0, 0.1) is 11.7 Å². The minimum atomic E-state index is -0.995. The molecule has 1 saturated heterocycles. The van der Waals surface area contributed by atoms with Crippen LogP contribution in [0.1, 0.15) is 31.4 Å². The molecule has 1 aliphatic heterocycles. The maximum Gasteiger partial charge on any atom is 0.312 e. The van der Waals surface area contributed by atoms with E-state index in [4.69, 9.17) is 4.74 Å². The molecule has 0 aromatic heterocycles. The average molecular weight is 412 g/mol. The number of aryl methyl sites for hydroxylation is 1. The first-order chi connectivity index (χ1) is 14.4. The smallest absolute Gasteiger partial charge is 0.312 e. The summed E-state index contributed by atoms with van der Waals surface area (Å²) in [6.07, 6.45) is -0.161. The standard InChI is InChI=1S/C23H25FN2O4/c1-3-17-6-4-5-7-20(17)26-14-18(12-21(26)27)23(29)30-15(2)22(28)25-13-16-8-10-19(24)11-9-16/h4-11,15,18H,3,12-14H2,1-2H3,(H,25,28)/t15-,18+/m0/s1. The van der Waals surface area contributed by atoms with Crippen LogP contribution < -0.4 is 10.2 Å². The van der Waals surface area contributed by atoms with Gasteiger partial charge in [0.25, 0.3) is 5.91 Å². The number of carbonyl (C=O) groups excluding carboxylic acids is 3.